The number of ether oxygens (including phenoxy) is 1. The zero-order valence-electron chi connectivity index (χ0n) is 6.15. The number of hydrazone groups is 1. The normalized spacial score (nSPS) is 14.5. The molecule has 0 aromatic carbocycles. The van der Waals surface area contributed by atoms with Gasteiger partial charge in [0.05, 0.1) is 12.8 Å². The van der Waals surface area contributed by atoms with Gasteiger partial charge in [-0.05, 0) is 13.0 Å². The third-order valence-electron chi connectivity index (χ3n) is 1.00. The second-order valence-corrected chi connectivity index (χ2v) is 1.76. The van der Waals surface area contributed by atoms with Crippen molar-refractivity contribution >= 4 is 12.3 Å². The first kappa shape index (κ1) is 7.59. The molecule has 0 bridgehead atoms. The van der Waals surface area contributed by atoms with Gasteiger partial charge in [-0.25, -0.2) is 4.79 Å². The van der Waals surface area contributed by atoms with Crippen LogP contribution in [0.25, 0.3) is 0 Å². The molecule has 0 radical (unpaired) electrons. The molecule has 11 heavy (non-hydrogen) atoms. The summed E-state index contributed by atoms with van der Waals surface area (Å²) >= 11 is 0. The van der Waals surface area contributed by atoms with Crippen LogP contribution < -0.4 is 5.43 Å². The molecule has 0 atom stereocenters. The summed E-state index contributed by atoms with van der Waals surface area (Å²) in [6, 6.07) is 0. The Kier molecular flexibility index (Phi) is 2.48. The Bertz CT molecular complexity index is 200. The van der Waals surface area contributed by atoms with Crippen LogP contribution in [-0.2, 0) is 4.74 Å². The van der Waals surface area contributed by atoms with Crippen molar-refractivity contribution in [2.75, 3.05) is 6.61 Å². The lowest BCUT2D eigenvalue weighted by Gasteiger charge is -2.16. The van der Waals surface area contributed by atoms with Crippen molar-refractivity contribution in [2.45, 2.75) is 6.92 Å². The lowest BCUT2D eigenvalue weighted by Crippen LogP contribution is -2.37. The summed E-state index contributed by atoms with van der Waals surface area (Å²) in [5.74, 6) is 0. The number of nitrogens with one attached hydrogen (secondary N) is 1. The lowest BCUT2D eigenvalue weighted by atomic mass is 10.6. The summed E-state index contributed by atoms with van der Waals surface area (Å²) < 4.78 is 4.66. The highest BCUT2D eigenvalue weighted by Gasteiger charge is 2.11. The maximum Gasteiger partial charge on any atom is 0.450 e. The van der Waals surface area contributed by atoms with Crippen LogP contribution in [0.4, 0.5) is 4.79 Å². The molecule has 1 amide bonds. The van der Waals surface area contributed by atoms with Gasteiger partial charge in [0.15, 0.2) is 0 Å². The van der Waals surface area contributed by atoms with E-state index in [2.05, 4.69) is 15.3 Å². The van der Waals surface area contributed by atoms with Crippen LogP contribution in [0.5, 0.6) is 0 Å². The molecule has 1 aliphatic heterocycles. The monoisotopic (exact) mass is 155 g/mol. The molecular formula is C6H9N3O2. The number of carbonyl (C=O) groups is 1. The molecule has 1 rings (SSSR count). The Morgan fingerprint density at radius 3 is 3.18 bits per heavy atom. The molecule has 1 heterocycles. The van der Waals surface area contributed by atoms with E-state index in [-0.39, 0.29) is 0 Å². The SMILES string of the molecule is CCOC(=O)N1N=CC=CN1. The van der Waals surface area contributed by atoms with Crippen LogP contribution in [0.3, 0.4) is 0 Å². The Hall–Kier alpha value is -1.52. The zero-order chi connectivity index (χ0) is 8.10. The summed E-state index contributed by atoms with van der Waals surface area (Å²) in [4.78, 5) is 10.9. The Morgan fingerprint density at radius 2 is 2.64 bits per heavy atom. The van der Waals surface area contributed by atoms with Gasteiger partial charge in [-0.1, -0.05) is 0 Å². The van der Waals surface area contributed by atoms with E-state index < -0.39 is 6.09 Å². The van der Waals surface area contributed by atoms with Gasteiger partial charge in [-0.3, -0.25) is 5.43 Å². The van der Waals surface area contributed by atoms with E-state index in [9.17, 15) is 4.79 Å². The number of allylic oxidation sites excluding steroid dienone is 1. The van der Waals surface area contributed by atoms with Gasteiger partial charge in [0, 0.05) is 6.20 Å². The van der Waals surface area contributed by atoms with Crippen molar-refractivity contribution in [3.05, 3.63) is 12.3 Å². The number of hydrogen-bond acceptors (Lipinski definition) is 4. The van der Waals surface area contributed by atoms with Crippen molar-refractivity contribution in [1.29, 1.82) is 0 Å². The summed E-state index contributed by atoms with van der Waals surface area (Å²) in [7, 11) is 0. The molecule has 60 valence electrons. The van der Waals surface area contributed by atoms with Gasteiger partial charge in [0.25, 0.3) is 0 Å². The molecule has 0 aromatic rings. The van der Waals surface area contributed by atoms with Gasteiger partial charge in [0.1, 0.15) is 0 Å². The minimum Gasteiger partial charge on any atom is -0.447 e. The molecule has 0 spiro atoms. The molecule has 0 aliphatic carbocycles. The highest BCUT2D eigenvalue weighted by molar-refractivity contribution is 5.75. The maximum atomic E-state index is 10.9. The molecule has 0 saturated carbocycles. The molecule has 1 aliphatic rings. The average Bonchev–Trinajstić information content (AvgIpc) is 2.07. The van der Waals surface area contributed by atoms with Crippen molar-refractivity contribution in [1.82, 2.24) is 10.5 Å². The second-order valence-electron chi connectivity index (χ2n) is 1.76. The third-order valence-corrected chi connectivity index (χ3v) is 1.00. The molecule has 5 heteroatoms. The van der Waals surface area contributed by atoms with Crippen molar-refractivity contribution in [2.24, 2.45) is 5.10 Å². The van der Waals surface area contributed by atoms with Crippen molar-refractivity contribution < 1.29 is 9.53 Å². The van der Waals surface area contributed by atoms with E-state index in [0.29, 0.717) is 6.61 Å². The van der Waals surface area contributed by atoms with E-state index >= 15 is 0 Å². The summed E-state index contributed by atoms with van der Waals surface area (Å²) in [6.07, 6.45) is 4.25. The van der Waals surface area contributed by atoms with Crippen LogP contribution in [0.2, 0.25) is 0 Å². The molecular weight excluding hydrogens is 146 g/mol. The van der Waals surface area contributed by atoms with E-state index in [0.717, 1.165) is 5.12 Å². The van der Waals surface area contributed by atoms with Gasteiger partial charge in [-0.2, -0.15) is 5.10 Å². The fourth-order valence-electron chi connectivity index (χ4n) is 0.580. The topological polar surface area (TPSA) is 53.9 Å². The highest BCUT2D eigenvalue weighted by Crippen LogP contribution is 1.93. The highest BCUT2D eigenvalue weighted by atomic mass is 16.6. The third kappa shape index (κ3) is 1.96. The minimum atomic E-state index is -0.506. The first-order chi connectivity index (χ1) is 5.34. The van der Waals surface area contributed by atoms with Gasteiger partial charge < -0.3 is 4.74 Å². The zero-order valence-corrected chi connectivity index (χ0v) is 6.15. The predicted molar refractivity (Wildman–Crippen MR) is 39.6 cm³/mol. The van der Waals surface area contributed by atoms with E-state index in [1.807, 2.05) is 0 Å². The summed E-state index contributed by atoms with van der Waals surface area (Å²) in [5, 5.41) is 4.70. The van der Waals surface area contributed by atoms with Crippen molar-refractivity contribution in [3.8, 4) is 0 Å². The smallest absolute Gasteiger partial charge is 0.447 e. The first-order valence-corrected chi connectivity index (χ1v) is 3.26. The average molecular weight is 155 g/mol. The fourth-order valence-corrected chi connectivity index (χ4v) is 0.580. The molecule has 0 aromatic heterocycles. The Balaban J connectivity index is 2.42. The molecule has 5 nitrogen and oxygen atoms in total. The van der Waals surface area contributed by atoms with Crippen molar-refractivity contribution in [3.63, 3.8) is 0 Å². The summed E-state index contributed by atoms with van der Waals surface area (Å²) in [6.45, 7) is 2.08. The number of rotatable bonds is 1. The van der Waals surface area contributed by atoms with Crippen LogP contribution in [0.1, 0.15) is 6.92 Å². The van der Waals surface area contributed by atoms with Crippen LogP contribution in [0, 0.1) is 0 Å². The lowest BCUT2D eigenvalue weighted by molar-refractivity contribution is 0.0956. The standard InChI is InChI=1S/C6H9N3O2/c1-2-11-6(10)9-7-4-3-5-8-9/h3-5,7H,2H2,1H3. The molecule has 1 N–H and O–H groups in total. The first-order valence-electron chi connectivity index (χ1n) is 3.26. The maximum absolute atomic E-state index is 10.9. The molecule has 0 fully saturated rings. The number of carbonyl (C=O) groups excluding carboxylic acids is 1. The van der Waals surface area contributed by atoms with Crippen LogP contribution in [-0.4, -0.2) is 24.0 Å². The number of amides is 1. The van der Waals surface area contributed by atoms with E-state index in [1.54, 1.807) is 19.2 Å². The van der Waals surface area contributed by atoms with Gasteiger partial charge in [0.2, 0.25) is 0 Å². The number of nitrogens with zero attached hydrogens (tertiary/aromatic N) is 2. The number of hydrogen-bond donors (Lipinski definition) is 1. The van der Waals surface area contributed by atoms with Gasteiger partial charge in [-0.15, -0.1) is 5.12 Å². The van der Waals surface area contributed by atoms with E-state index in [1.165, 1.54) is 6.21 Å². The fraction of sp³-hybridized carbons (Fsp3) is 0.333. The van der Waals surface area contributed by atoms with Crippen LogP contribution in [0.15, 0.2) is 17.4 Å². The van der Waals surface area contributed by atoms with Gasteiger partial charge >= 0.3 is 6.09 Å². The Morgan fingerprint density at radius 1 is 1.82 bits per heavy atom. The largest absolute Gasteiger partial charge is 0.450 e. The minimum absolute atomic E-state index is 0.343. The quantitative estimate of drug-likeness (QED) is 0.598. The second kappa shape index (κ2) is 3.60. The van der Waals surface area contributed by atoms with E-state index in [4.69, 9.17) is 0 Å². The Labute approximate surface area is 64.3 Å². The van der Waals surface area contributed by atoms with Crippen LogP contribution >= 0.6 is 0 Å². The molecule has 0 unspecified atom stereocenters. The number of hydrazine groups is 1. The summed E-state index contributed by atoms with van der Waals surface area (Å²) in [5.41, 5.74) is 2.58. The predicted octanol–water partition coefficient (Wildman–Crippen LogP) is 0.463. The molecule has 0 saturated heterocycles.